The lowest BCUT2D eigenvalue weighted by atomic mass is 10.0. The molecule has 0 heterocycles. The Balaban J connectivity index is 2.87. The lowest BCUT2D eigenvalue weighted by molar-refractivity contribution is 0.102. The van der Waals surface area contributed by atoms with Crippen LogP contribution in [0.2, 0.25) is 0 Å². The van der Waals surface area contributed by atoms with Gasteiger partial charge in [-0.3, -0.25) is 0 Å². The molecule has 0 aromatic heterocycles. The van der Waals surface area contributed by atoms with Crippen LogP contribution in [0.15, 0.2) is 24.3 Å². The third kappa shape index (κ3) is 3.27. The first-order chi connectivity index (χ1) is 7.19. The van der Waals surface area contributed by atoms with Crippen molar-refractivity contribution >= 4 is 0 Å². The third-order valence-electron chi connectivity index (χ3n) is 2.41. The zero-order valence-corrected chi connectivity index (χ0v) is 9.13. The quantitative estimate of drug-likeness (QED) is 0.792. The SMILES string of the molecule is CCCc1cccc(C(NC)C(F)F)c1. The highest BCUT2D eigenvalue weighted by Crippen LogP contribution is 2.21. The van der Waals surface area contributed by atoms with Crippen molar-refractivity contribution in [1.82, 2.24) is 5.32 Å². The Morgan fingerprint density at radius 3 is 2.60 bits per heavy atom. The van der Waals surface area contributed by atoms with E-state index in [4.69, 9.17) is 0 Å². The van der Waals surface area contributed by atoms with Crippen molar-refractivity contribution < 1.29 is 8.78 Å². The minimum Gasteiger partial charge on any atom is -0.308 e. The Hall–Kier alpha value is -0.960. The van der Waals surface area contributed by atoms with Gasteiger partial charge in [-0.25, -0.2) is 8.78 Å². The number of rotatable bonds is 5. The maximum absolute atomic E-state index is 12.6. The fourth-order valence-corrected chi connectivity index (χ4v) is 1.67. The van der Waals surface area contributed by atoms with Gasteiger partial charge in [-0.15, -0.1) is 0 Å². The number of aryl methyl sites for hydroxylation is 1. The number of hydrogen-bond acceptors (Lipinski definition) is 1. The molecule has 0 aliphatic carbocycles. The Morgan fingerprint density at radius 2 is 2.07 bits per heavy atom. The van der Waals surface area contributed by atoms with E-state index in [1.54, 1.807) is 13.1 Å². The monoisotopic (exact) mass is 213 g/mol. The van der Waals surface area contributed by atoms with Gasteiger partial charge in [0.25, 0.3) is 6.43 Å². The summed E-state index contributed by atoms with van der Waals surface area (Å²) in [6.45, 7) is 2.08. The molecule has 1 aromatic rings. The van der Waals surface area contributed by atoms with Crippen LogP contribution in [0, 0.1) is 0 Å². The summed E-state index contributed by atoms with van der Waals surface area (Å²) < 4.78 is 25.3. The molecule has 1 aromatic carbocycles. The summed E-state index contributed by atoms with van der Waals surface area (Å²) in [6.07, 6.45) is -0.401. The summed E-state index contributed by atoms with van der Waals surface area (Å²) in [6, 6.07) is 6.56. The standard InChI is InChI=1S/C12H17F2N/c1-3-5-9-6-4-7-10(8-9)11(15-2)12(13)14/h4,6-8,11-12,15H,3,5H2,1-2H3. The molecule has 0 aliphatic rings. The average molecular weight is 213 g/mol. The van der Waals surface area contributed by atoms with Gasteiger partial charge in [-0.05, 0) is 24.6 Å². The van der Waals surface area contributed by atoms with Crippen LogP contribution in [-0.2, 0) is 6.42 Å². The van der Waals surface area contributed by atoms with Gasteiger partial charge in [0, 0.05) is 0 Å². The van der Waals surface area contributed by atoms with Crippen LogP contribution in [0.25, 0.3) is 0 Å². The molecule has 1 N–H and O–H groups in total. The topological polar surface area (TPSA) is 12.0 Å². The normalized spacial score (nSPS) is 13.1. The minimum absolute atomic E-state index is 0.665. The summed E-state index contributed by atoms with van der Waals surface area (Å²) in [5.74, 6) is 0. The number of benzene rings is 1. The van der Waals surface area contributed by atoms with Gasteiger partial charge in [-0.2, -0.15) is 0 Å². The van der Waals surface area contributed by atoms with Gasteiger partial charge < -0.3 is 5.32 Å². The molecule has 0 fully saturated rings. The number of hydrogen-bond donors (Lipinski definition) is 1. The van der Waals surface area contributed by atoms with Crippen LogP contribution in [0.4, 0.5) is 8.78 Å². The van der Waals surface area contributed by atoms with Gasteiger partial charge in [-0.1, -0.05) is 37.6 Å². The molecule has 1 rings (SSSR count). The molecular weight excluding hydrogens is 196 g/mol. The molecule has 84 valence electrons. The van der Waals surface area contributed by atoms with E-state index in [2.05, 4.69) is 12.2 Å². The van der Waals surface area contributed by atoms with E-state index in [0.717, 1.165) is 18.4 Å². The van der Waals surface area contributed by atoms with Gasteiger partial charge in [0.05, 0.1) is 6.04 Å². The van der Waals surface area contributed by atoms with Crippen molar-refractivity contribution in [1.29, 1.82) is 0 Å². The number of nitrogens with one attached hydrogen (secondary N) is 1. The molecule has 1 atom stereocenters. The molecule has 0 saturated heterocycles. The Morgan fingerprint density at radius 1 is 1.33 bits per heavy atom. The molecule has 0 spiro atoms. The molecule has 0 amide bonds. The third-order valence-corrected chi connectivity index (χ3v) is 2.41. The molecule has 0 aliphatic heterocycles. The molecule has 15 heavy (non-hydrogen) atoms. The number of alkyl halides is 2. The highest BCUT2D eigenvalue weighted by Gasteiger charge is 2.19. The molecule has 0 bridgehead atoms. The molecule has 3 heteroatoms. The summed E-state index contributed by atoms with van der Waals surface area (Å²) in [7, 11) is 1.56. The van der Waals surface area contributed by atoms with Gasteiger partial charge in [0.15, 0.2) is 0 Å². The van der Waals surface area contributed by atoms with Crippen molar-refractivity contribution in [3.63, 3.8) is 0 Å². The van der Waals surface area contributed by atoms with Crippen LogP contribution in [-0.4, -0.2) is 13.5 Å². The molecule has 1 unspecified atom stereocenters. The fourth-order valence-electron chi connectivity index (χ4n) is 1.67. The summed E-state index contributed by atoms with van der Waals surface area (Å²) in [5, 5.41) is 2.64. The fraction of sp³-hybridized carbons (Fsp3) is 0.500. The lowest BCUT2D eigenvalue weighted by Gasteiger charge is -2.16. The van der Waals surface area contributed by atoms with Crippen LogP contribution < -0.4 is 5.32 Å². The van der Waals surface area contributed by atoms with E-state index >= 15 is 0 Å². The average Bonchev–Trinajstić information content (AvgIpc) is 2.19. The molecular formula is C12H17F2N. The minimum atomic E-state index is -2.37. The summed E-state index contributed by atoms with van der Waals surface area (Å²) in [4.78, 5) is 0. The summed E-state index contributed by atoms with van der Waals surface area (Å²) in [5.41, 5.74) is 1.79. The first-order valence-corrected chi connectivity index (χ1v) is 5.23. The predicted molar refractivity (Wildman–Crippen MR) is 58.2 cm³/mol. The van der Waals surface area contributed by atoms with Gasteiger partial charge in [0.2, 0.25) is 0 Å². The zero-order valence-electron chi connectivity index (χ0n) is 9.13. The maximum Gasteiger partial charge on any atom is 0.257 e. The molecule has 0 saturated carbocycles. The van der Waals surface area contributed by atoms with Crippen molar-refractivity contribution in [3.05, 3.63) is 35.4 Å². The molecule has 0 radical (unpaired) electrons. The van der Waals surface area contributed by atoms with E-state index in [1.165, 1.54) is 0 Å². The molecule has 1 nitrogen and oxygen atoms in total. The Bertz CT molecular complexity index is 299. The van der Waals surface area contributed by atoms with Crippen LogP contribution in [0.3, 0.4) is 0 Å². The number of halogens is 2. The predicted octanol–water partition coefficient (Wildman–Crippen LogP) is 3.16. The van der Waals surface area contributed by atoms with E-state index in [0.29, 0.717) is 5.56 Å². The second kappa shape index (κ2) is 5.81. The first kappa shape index (κ1) is 12.1. The summed E-state index contributed by atoms with van der Waals surface area (Å²) >= 11 is 0. The lowest BCUT2D eigenvalue weighted by Crippen LogP contribution is -2.23. The van der Waals surface area contributed by atoms with Crippen molar-refractivity contribution in [2.45, 2.75) is 32.2 Å². The van der Waals surface area contributed by atoms with E-state index < -0.39 is 12.5 Å². The van der Waals surface area contributed by atoms with Crippen LogP contribution >= 0.6 is 0 Å². The van der Waals surface area contributed by atoms with E-state index in [1.807, 2.05) is 18.2 Å². The maximum atomic E-state index is 12.6. The van der Waals surface area contributed by atoms with Crippen molar-refractivity contribution in [2.75, 3.05) is 7.05 Å². The highest BCUT2D eigenvalue weighted by atomic mass is 19.3. The van der Waals surface area contributed by atoms with Gasteiger partial charge >= 0.3 is 0 Å². The van der Waals surface area contributed by atoms with Crippen molar-refractivity contribution in [3.8, 4) is 0 Å². The smallest absolute Gasteiger partial charge is 0.257 e. The Kier molecular flexibility index (Phi) is 4.69. The largest absolute Gasteiger partial charge is 0.308 e. The van der Waals surface area contributed by atoms with E-state index in [9.17, 15) is 8.78 Å². The second-order valence-corrected chi connectivity index (χ2v) is 3.60. The first-order valence-electron chi connectivity index (χ1n) is 5.23. The second-order valence-electron chi connectivity index (χ2n) is 3.60. The van der Waals surface area contributed by atoms with E-state index in [-0.39, 0.29) is 0 Å². The Labute approximate surface area is 89.5 Å². The van der Waals surface area contributed by atoms with Crippen LogP contribution in [0.5, 0.6) is 0 Å². The van der Waals surface area contributed by atoms with Crippen molar-refractivity contribution in [2.24, 2.45) is 0 Å². The zero-order chi connectivity index (χ0) is 11.3. The van der Waals surface area contributed by atoms with Crippen LogP contribution in [0.1, 0.15) is 30.5 Å². The highest BCUT2D eigenvalue weighted by molar-refractivity contribution is 5.26. The van der Waals surface area contributed by atoms with Gasteiger partial charge in [0.1, 0.15) is 0 Å².